The van der Waals surface area contributed by atoms with Gasteiger partial charge in [0.2, 0.25) is 0 Å². The van der Waals surface area contributed by atoms with E-state index in [1.54, 1.807) is 11.3 Å². The lowest BCUT2D eigenvalue weighted by atomic mass is 9.78. The van der Waals surface area contributed by atoms with Gasteiger partial charge >= 0.3 is 7.12 Å². The van der Waals surface area contributed by atoms with Crippen molar-refractivity contribution < 1.29 is 14.4 Å². The highest BCUT2D eigenvalue weighted by Crippen LogP contribution is 2.38. The second-order valence-corrected chi connectivity index (χ2v) is 7.07. The second kappa shape index (κ2) is 5.06. The summed E-state index contributed by atoms with van der Waals surface area (Å²) in [5, 5.41) is 11.6. The van der Waals surface area contributed by atoms with Crippen LogP contribution in [0.25, 0.3) is 6.08 Å². The molecule has 3 nitrogen and oxygen atoms in total. The topological polar surface area (TPSA) is 38.7 Å². The zero-order valence-corrected chi connectivity index (χ0v) is 13.0. The predicted octanol–water partition coefficient (Wildman–Crippen LogP) is 3.06. The minimum Gasteiger partial charge on any atom is -0.400 e. The van der Waals surface area contributed by atoms with Crippen LogP contribution in [-0.2, 0) is 9.31 Å². The first-order chi connectivity index (χ1) is 8.75. The quantitative estimate of drug-likeness (QED) is 0.865. The van der Waals surface area contributed by atoms with Gasteiger partial charge in [0, 0.05) is 4.88 Å². The third kappa shape index (κ3) is 2.94. The van der Waals surface area contributed by atoms with E-state index in [9.17, 15) is 5.11 Å². The first kappa shape index (κ1) is 14.8. The molecule has 0 atom stereocenters. The molecule has 0 amide bonds. The summed E-state index contributed by atoms with van der Waals surface area (Å²) in [7, 11) is -0.477. The molecule has 104 valence electrons. The molecule has 1 saturated heterocycles. The fourth-order valence-electron chi connectivity index (χ4n) is 1.94. The van der Waals surface area contributed by atoms with Crippen molar-refractivity contribution in [3.8, 4) is 0 Å². The van der Waals surface area contributed by atoms with Gasteiger partial charge in [0.25, 0.3) is 0 Å². The zero-order valence-electron chi connectivity index (χ0n) is 12.2. The standard InChI is InChI=1S/C14H21BO3S/c1-10-6-11(9-19-10)7-12(8-16)15-17-13(2,3)14(4,5)18-15/h6-7,9,16H,8H2,1-5H3. The molecule has 1 aromatic heterocycles. The van der Waals surface area contributed by atoms with Gasteiger partial charge < -0.3 is 14.4 Å². The van der Waals surface area contributed by atoms with E-state index in [1.807, 2.05) is 33.8 Å². The van der Waals surface area contributed by atoms with Crippen molar-refractivity contribution in [1.82, 2.24) is 0 Å². The fourth-order valence-corrected chi connectivity index (χ4v) is 2.60. The number of hydrogen-bond donors (Lipinski definition) is 1. The molecule has 0 saturated carbocycles. The maximum atomic E-state index is 9.57. The maximum Gasteiger partial charge on any atom is 0.492 e. The van der Waals surface area contributed by atoms with E-state index in [2.05, 4.69) is 18.4 Å². The molecular weight excluding hydrogens is 259 g/mol. The highest BCUT2D eigenvalue weighted by Gasteiger charge is 2.52. The summed E-state index contributed by atoms with van der Waals surface area (Å²) in [6, 6.07) is 2.09. The Bertz CT molecular complexity index is 475. The van der Waals surface area contributed by atoms with Crippen molar-refractivity contribution in [2.75, 3.05) is 6.61 Å². The molecule has 1 aromatic rings. The zero-order chi connectivity index (χ0) is 14.3. The monoisotopic (exact) mass is 280 g/mol. The van der Waals surface area contributed by atoms with Crippen LogP contribution >= 0.6 is 11.3 Å². The molecule has 0 radical (unpaired) electrons. The Morgan fingerprint density at radius 3 is 2.32 bits per heavy atom. The molecule has 2 rings (SSSR count). The van der Waals surface area contributed by atoms with Crippen LogP contribution in [0.5, 0.6) is 0 Å². The Labute approximate surface area is 119 Å². The summed E-state index contributed by atoms with van der Waals surface area (Å²) in [6.45, 7) is 10.0. The Balaban J connectivity index is 2.23. The lowest BCUT2D eigenvalue weighted by Gasteiger charge is -2.32. The molecule has 0 bridgehead atoms. The van der Waals surface area contributed by atoms with Gasteiger partial charge in [-0.2, -0.15) is 0 Å². The summed E-state index contributed by atoms with van der Waals surface area (Å²) >= 11 is 1.69. The van der Waals surface area contributed by atoms with Crippen LogP contribution in [0.1, 0.15) is 38.1 Å². The van der Waals surface area contributed by atoms with Crippen molar-refractivity contribution in [2.24, 2.45) is 0 Å². The van der Waals surface area contributed by atoms with Gasteiger partial charge in [0.15, 0.2) is 0 Å². The molecule has 0 aromatic carbocycles. The first-order valence-electron chi connectivity index (χ1n) is 6.47. The summed E-state index contributed by atoms with van der Waals surface area (Å²) in [4.78, 5) is 1.25. The lowest BCUT2D eigenvalue weighted by molar-refractivity contribution is 0.00578. The highest BCUT2D eigenvalue weighted by molar-refractivity contribution is 7.10. The fraction of sp³-hybridized carbons (Fsp3) is 0.571. The maximum absolute atomic E-state index is 9.57. The summed E-state index contributed by atoms with van der Waals surface area (Å²) in [5.41, 5.74) is 1.09. The summed E-state index contributed by atoms with van der Waals surface area (Å²) in [6.07, 6.45) is 1.95. The van der Waals surface area contributed by atoms with Crippen molar-refractivity contribution in [3.05, 3.63) is 27.4 Å². The lowest BCUT2D eigenvalue weighted by Crippen LogP contribution is -2.41. The Kier molecular flexibility index (Phi) is 3.93. The van der Waals surface area contributed by atoms with Gasteiger partial charge in [-0.05, 0) is 57.1 Å². The van der Waals surface area contributed by atoms with Crippen LogP contribution in [-0.4, -0.2) is 30.0 Å². The number of aliphatic hydroxyl groups excluding tert-OH is 1. The number of hydrogen-bond acceptors (Lipinski definition) is 4. The smallest absolute Gasteiger partial charge is 0.400 e. The minimum absolute atomic E-state index is 0.0638. The average molecular weight is 280 g/mol. The summed E-state index contributed by atoms with van der Waals surface area (Å²) in [5.74, 6) is 0. The average Bonchev–Trinajstić information content (AvgIpc) is 2.78. The van der Waals surface area contributed by atoms with Crippen LogP contribution in [0.3, 0.4) is 0 Å². The number of rotatable bonds is 3. The first-order valence-corrected chi connectivity index (χ1v) is 7.35. The molecule has 1 N–H and O–H groups in total. The normalized spacial score (nSPS) is 22.0. The van der Waals surface area contributed by atoms with Crippen LogP contribution < -0.4 is 0 Å². The van der Waals surface area contributed by atoms with Gasteiger partial charge in [-0.15, -0.1) is 11.3 Å². The van der Waals surface area contributed by atoms with Crippen molar-refractivity contribution in [1.29, 1.82) is 0 Å². The number of aryl methyl sites for hydroxylation is 1. The Hall–Kier alpha value is -0.615. The highest BCUT2D eigenvalue weighted by atomic mass is 32.1. The molecule has 19 heavy (non-hydrogen) atoms. The van der Waals surface area contributed by atoms with Gasteiger partial charge in [-0.3, -0.25) is 0 Å². The van der Waals surface area contributed by atoms with E-state index in [0.29, 0.717) is 0 Å². The molecule has 0 unspecified atom stereocenters. The largest absolute Gasteiger partial charge is 0.492 e. The van der Waals surface area contributed by atoms with E-state index >= 15 is 0 Å². The van der Waals surface area contributed by atoms with E-state index < -0.39 is 7.12 Å². The Morgan fingerprint density at radius 1 is 1.32 bits per heavy atom. The van der Waals surface area contributed by atoms with Crippen molar-refractivity contribution in [2.45, 2.75) is 45.8 Å². The van der Waals surface area contributed by atoms with Gasteiger partial charge in [0.05, 0.1) is 17.8 Å². The van der Waals surface area contributed by atoms with Crippen LogP contribution in [0.15, 0.2) is 16.9 Å². The molecule has 1 fully saturated rings. The number of aliphatic hydroxyl groups is 1. The van der Waals surface area contributed by atoms with E-state index in [-0.39, 0.29) is 17.8 Å². The number of thiophene rings is 1. The van der Waals surface area contributed by atoms with Gasteiger partial charge in [-0.25, -0.2) is 0 Å². The molecule has 1 aliphatic heterocycles. The Morgan fingerprint density at radius 2 is 1.89 bits per heavy atom. The van der Waals surface area contributed by atoms with E-state index in [4.69, 9.17) is 9.31 Å². The third-order valence-corrected chi connectivity index (χ3v) is 4.72. The van der Waals surface area contributed by atoms with Crippen LogP contribution in [0.4, 0.5) is 0 Å². The SMILES string of the molecule is Cc1cc(C=C(CO)B2OC(C)(C)C(C)(C)O2)cs1. The van der Waals surface area contributed by atoms with Crippen LogP contribution in [0.2, 0.25) is 0 Å². The minimum atomic E-state index is -0.477. The molecule has 0 aliphatic carbocycles. The molecule has 1 aliphatic rings. The molecule has 0 spiro atoms. The third-order valence-electron chi connectivity index (χ3n) is 3.84. The van der Waals surface area contributed by atoms with E-state index in [1.165, 1.54) is 4.88 Å². The van der Waals surface area contributed by atoms with E-state index in [0.717, 1.165) is 11.0 Å². The van der Waals surface area contributed by atoms with Crippen molar-refractivity contribution in [3.63, 3.8) is 0 Å². The second-order valence-electron chi connectivity index (χ2n) is 5.96. The molecular formula is C14H21BO3S. The van der Waals surface area contributed by atoms with Gasteiger partial charge in [-0.1, -0.05) is 6.08 Å². The van der Waals surface area contributed by atoms with Crippen LogP contribution in [0, 0.1) is 6.92 Å². The molecule has 2 heterocycles. The molecule has 5 heteroatoms. The predicted molar refractivity (Wildman–Crippen MR) is 80.2 cm³/mol. The summed E-state index contributed by atoms with van der Waals surface area (Å²) < 4.78 is 11.9. The van der Waals surface area contributed by atoms with Crippen molar-refractivity contribution >= 4 is 24.5 Å². The van der Waals surface area contributed by atoms with Gasteiger partial charge in [0.1, 0.15) is 0 Å².